The molecule has 0 aliphatic carbocycles. The van der Waals surface area contributed by atoms with Crippen molar-refractivity contribution in [2.75, 3.05) is 26.1 Å². The molecule has 0 amide bonds. The van der Waals surface area contributed by atoms with Gasteiger partial charge in [-0.2, -0.15) is 0 Å². The number of nitrogens with one attached hydrogen (secondary N) is 1. The van der Waals surface area contributed by atoms with Gasteiger partial charge in [-0.3, -0.25) is 4.57 Å². The van der Waals surface area contributed by atoms with Gasteiger partial charge in [0.15, 0.2) is 34.7 Å². The van der Waals surface area contributed by atoms with Crippen LogP contribution in [0.5, 0.6) is 17.2 Å². The number of phenols is 1. The zero-order chi connectivity index (χ0) is 22.1. The minimum absolute atomic E-state index is 0.0554. The third-order valence-electron chi connectivity index (χ3n) is 5.13. The van der Waals surface area contributed by atoms with E-state index in [1.807, 2.05) is 0 Å². The minimum atomic E-state index is -1.25. The van der Waals surface area contributed by atoms with Crippen molar-refractivity contribution in [3.05, 3.63) is 30.4 Å². The first-order chi connectivity index (χ1) is 15.0. The normalized spacial score (nSPS) is 23.3. The molecular formula is C19H23N5O7. The second-order valence-electron chi connectivity index (χ2n) is 6.98. The van der Waals surface area contributed by atoms with Crippen LogP contribution in [0.1, 0.15) is 11.8 Å². The molecule has 1 saturated heterocycles. The molecule has 0 saturated carbocycles. The Morgan fingerprint density at radius 3 is 2.61 bits per heavy atom. The molecule has 1 aliphatic heterocycles. The number of hydrogen-bond acceptors (Lipinski definition) is 11. The molecular weight excluding hydrogens is 410 g/mol. The summed E-state index contributed by atoms with van der Waals surface area (Å²) in [6.07, 6.45) is -1.60. The Balaban J connectivity index is 1.59. The molecule has 1 fully saturated rings. The topological polar surface area (TPSA) is 164 Å². The molecule has 12 nitrogen and oxygen atoms in total. The fourth-order valence-corrected chi connectivity index (χ4v) is 3.56. The summed E-state index contributed by atoms with van der Waals surface area (Å²) < 4.78 is 17.4. The van der Waals surface area contributed by atoms with E-state index in [1.54, 1.807) is 12.1 Å². The largest absolute Gasteiger partial charge is 0.504 e. The van der Waals surface area contributed by atoms with Gasteiger partial charge < -0.3 is 40.0 Å². The van der Waals surface area contributed by atoms with Gasteiger partial charge in [0.2, 0.25) is 5.75 Å². The van der Waals surface area contributed by atoms with Crippen LogP contribution in [0, 0.1) is 0 Å². The van der Waals surface area contributed by atoms with Gasteiger partial charge in [0.1, 0.15) is 24.6 Å². The number of rotatable bonds is 7. The van der Waals surface area contributed by atoms with Crippen LogP contribution >= 0.6 is 0 Å². The summed E-state index contributed by atoms with van der Waals surface area (Å²) in [4.78, 5) is 12.7. The summed E-state index contributed by atoms with van der Waals surface area (Å²) in [6, 6.07) is 3.27. The van der Waals surface area contributed by atoms with Crippen molar-refractivity contribution in [2.24, 2.45) is 0 Å². The van der Waals surface area contributed by atoms with Crippen LogP contribution in [-0.2, 0) is 11.3 Å². The van der Waals surface area contributed by atoms with Crippen molar-refractivity contribution >= 4 is 17.0 Å². The van der Waals surface area contributed by atoms with Gasteiger partial charge >= 0.3 is 0 Å². The number of benzene rings is 1. The SMILES string of the molecule is COc1cc(CNc2ncnc3c2ncn3C2O[C@H](CO)[C@@H](O)[C@H]2O)cc(O)c1OC. The Kier molecular flexibility index (Phi) is 5.78. The number of aromatic hydroxyl groups is 1. The number of imidazole rings is 1. The van der Waals surface area contributed by atoms with E-state index in [0.29, 0.717) is 34.8 Å². The maximum atomic E-state index is 10.3. The number of anilines is 1. The van der Waals surface area contributed by atoms with E-state index >= 15 is 0 Å². The molecule has 2 aromatic heterocycles. The van der Waals surface area contributed by atoms with Crippen LogP contribution in [0.3, 0.4) is 0 Å². The van der Waals surface area contributed by atoms with Gasteiger partial charge in [-0.05, 0) is 17.7 Å². The van der Waals surface area contributed by atoms with E-state index in [9.17, 15) is 20.4 Å². The summed E-state index contributed by atoms with van der Waals surface area (Å²) in [5.74, 6) is 0.999. The molecule has 4 atom stereocenters. The zero-order valence-corrected chi connectivity index (χ0v) is 16.8. The van der Waals surface area contributed by atoms with Crippen molar-refractivity contribution in [1.29, 1.82) is 0 Å². The summed E-state index contributed by atoms with van der Waals surface area (Å²) in [7, 11) is 2.92. The van der Waals surface area contributed by atoms with Crippen molar-refractivity contribution in [3.63, 3.8) is 0 Å². The molecule has 31 heavy (non-hydrogen) atoms. The van der Waals surface area contributed by atoms with Crippen LogP contribution in [0.2, 0.25) is 0 Å². The Labute approximate surface area is 176 Å². The lowest BCUT2D eigenvalue weighted by Crippen LogP contribution is -2.33. The standard InChI is InChI=1S/C19H23N5O7/c1-29-11-4-9(3-10(26)16(11)30-2)5-20-17-13-18(22-7-21-17)24(8-23-13)19-15(28)14(27)12(6-25)31-19/h3-4,7-8,12,14-15,19,25-28H,5-6H2,1-2H3,(H,20,21,22)/t12-,14-,15-,19?/m1/s1. The third kappa shape index (κ3) is 3.70. The molecule has 0 radical (unpaired) electrons. The van der Waals surface area contributed by atoms with Crippen LogP contribution in [0.4, 0.5) is 5.82 Å². The molecule has 5 N–H and O–H groups in total. The number of ether oxygens (including phenoxy) is 3. The highest BCUT2D eigenvalue weighted by Crippen LogP contribution is 2.37. The van der Waals surface area contributed by atoms with E-state index in [1.165, 1.54) is 31.4 Å². The highest BCUT2D eigenvalue weighted by Gasteiger charge is 2.44. The first kappa shape index (κ1) is 21.1. The van der Waals surface area contributed by atoms with Crippen LogP contribution in [0.15, 0.2) is 24.8 Å². The Morgan fingerprint density at radius 1 is 1.13 bits per heavy atom. The number of methoxy groups -OCH3 is 2. The smallest absolute Gasteiger partial charge is 0.203 e. The van der Waals surface area contributed by atoms with Crippen molar-refractivity contribution in [1.82, 2.24) is 19.5 Å². The molecule has 3 heterocycles. The molecule has 1 aromatic carbocycles. The summed E-state index contributed by atoms with van der Waals surface area (Å²) >= 11 is 0. The molecule has 4 rings (SSSR count). The van der Waals surface area contributed by atoms with Crippen LogP contribution < -0.4 is 14.8 Å². The Bertz CT molecular complexity index is 1080. The minimum Gasteiger partial charge on any atom is -0.504 e. The Morgan fingerprint density at radius 2 is 1.94 bits per heavy atom. The van der Waals surface area contributed by atoms with Gasteiger partial charge in [-0.1, -0.05) is 0 Å². The van der Waals surface area contributed by atoms with Crippen molar-refractivity contribution in [3.8, 4) is 17.2 Å². The number of fused-ring (bicyclic) bond motifs is 1. The van der Waals surface area contributed by atoms with E-state index in [0.717, 1.165) is 0 Å². The lowest BCUT2D eigenvalue weighted by molar-refractivity contribution is -0.0511. The average molecular weight is 433 g/mol. The van der Waals surface area contributed by atoms with E-state index in [4.69, 9.17) is 14.2 Å². The molecule has 166 valence electrons. The molecule has 1 unspecified atom stereocenters. The molecule has 0 bridgehead atoms. The fraction of sp³-hybridized carbons (Fsp3) is 0.421. The number of aliphatic hydroxyl groups is 3. The highest BCUT2D eigenvalue weighted by atomic mass is 16.6. The van der Waals surface area contributed by atoms with Crippen molar-refractivity contribution in [2.45, 2.75) is 31.1 Å². The second kappa shape index (κ2) is 8.51. The average Bonchev–Trinajstić information content (AvgIpc) is 3.33. The maximum absolute atomic E-state index is 10.3. The van der Waals surface area contributed by atoms with E-state index in [2.05, 4.69) is 20.3 Å². The van der Waals surface area contributed by atoms with E-state index in [-0.39, 0.29) is 11.5 Å². The van der Waals surface area contributed by atoms with Gasteiger partial charge in [0.05, 0.1) is 27.2 Å². The van der Waals surface area contributed by atoms with Gasteiger partial charge in [-0.25, -0.2) is 15.0 Å². The summed E-state index contributed by atoms with van der Waals surface area (Å²) in [5.41, 5.74) is 1.51. The fourth-order valence-electron chi connectivity index (χ4n) is 3.56. The Hall–Kier alpha value is -3.19. The van der Waals surface area contributed by atoms with Crippen molar-refractivity contribution < 1.29 is 34.6 Å². The molecule has 3 aromatic rings. The number of nitrogens with zero attached hydrogens (tertiary/aromatic N) is 4. The van der Waals surface area contributed by atoms with Crippen LogP contribution in [0.25, 0.3) is 11.2 Å². The second-order valence-corrected chi connectivity index (χ2v) is 6.98. The third-order valence-corrected chi connectivity index (χ3v) is 5.13. The van der Waals surface area contributed by atoms with Gasteiger partial charge in [0.25, 0.3) is 0 Å². The lowest BCUT2D eigenvalue weighted by Gasteiger charge is -2.16. The first-order valence-corrected chi connectivity index (χ1v) is 9.46. The predicted octanol–water partition coefficient (Wildman–Crippen LogP) is -0.227. The number of hydrogen-bond donors (Lipinski definition) is 5. The quantitative estimate of drug-likeness (QED) is 0.334. The summed E-state index contributed by atoms with van der Waals surface area (Å²) in [5, 5.41) is 42.9. The monoisotopic (exact) mass is 433 g/mol. The number of phenolic OH excluding ortho intramolecular Hbond substituents is 1. The lowest BCUT2D eigenvalue weighted by atomic mass is 10.1. The molecule has 12 heteroatoms. The first-order valence-electron chi connectivity index (χ1n) is 9.46. The highest BCUT2D eigenvalue weighted by molar-refractivity contribution is 5.82. The zero-order valence-electron chi connectivity index (χ0n) is 16.8. The van der Waals surface area contributed by atoms with Gasteiger partial charge in [0, 0.05) is 6.54 Å². The van der Waals surface area contributed by atoms with Crippen LogP contribution in [-0.4, -0.2) is 79.1 Å². The molecule has 0 spiro atoms. The number of aromatic nitrogens is 4. The van der Waals surface area contributed by atoms with E-state index < -0.39 is 31.1 Å². The molecule has 1 aliphatic rings. The summed E-state index contributed by atoms with van der Waals surface area (Å²) in [6.45, 7) is -0.137. The van der Waals surface area contributed by atoms with Gasteiger partial charge in [-0.15, -0.1) is 0 Å². The number of aliphatic hydroxyl groups excluding tert-OH is 3. The predicted molar refractivity (Wildman–Crippen MR) is 107 cm³/mol. The maximum Gasteiger partial charge on any atom is 0.203 e.